The molecule has 0 radical (unpaired) electrons. The van der Waals surface area contributed by atoms with Crippen molar-refractivity contribution in [1.29, 1.82) is 0 Å². The van der Waals surface area contributed by atoms with E-state index in [0.29, 0.717) is 5.95 Å². The van der Waals surface area contributed by atoms with Crippen LogP contribution in [0.1, 0.15) is 18.2 Å². The highest BCUT2D eigenvalue weighted by Crippen LogP contribution is 2.40. The number of fused-ring (bicyclic) bond motifs is 3. The third-order valence-corrected chi connectivity index (χ3v) is 8.42. The third kappa shape index (κ3) is 5.21. The van der Waals surface area contributed by atoms with Gasteiger partial charge in [-0.1, -0.05) is 24.3 Å². The number of aryl methyl sites for hydroxylation is 4. The molecule has 7 rings (SSSR count). The van der Waals surface area contributed by atoms with E-state index in [-0.39, 0.29) is 0 Å². The minimum absolute atomic E-state index is 0.540. The van der Waals surface area contributed by atoms with Crippen molar-refractivity contribution in [2.75, 3.05) is 45.1 Å². The lowest BCUT2D eigenvalue weighted by atomic mass is 9.91. The molecule has 5 aromatic rings. The Kier molecular flexibility index (Phi) is 7.04. The van der Waals surface area contributed by atoms with Gasteiger partial charge in [0.25, 0.3) is 0 Å². The van der Waals surface area contributed by atoms with E-state index >= 15 is 0 Å². The Morgan fingerprint density at radius 1 is 0.833 bits per heavy atom. The molecule has 0 unspecified atom stereocenters. The van der Waals surface area contributed by atoms with Crippen LogP contribution in [0.3, 0.4) is 0 Å². The maximum Gasteiger partial charge on any atom is 0.228 e. The van der Waals surface area contributed by atoms with Crippen molar-refractivity contribution in [1.82, 2.24) is 49.1 Å². The first-order chi connectivity index (χ1) is 20.5. The first kappa shape index (κ1) is 26.5. The Morgan fingerprint density at radius 2 is 1.64 bits per heavy atom. The second-order valence-corrected chi connectivity index (χ2v) is 11.3. The summed E-state index contributed by atoms with van der Waals surface area (Å²) in [6, 6.07) is 10.7. The van der Waals surface area contributed by atoms with Crippen LogP contribution in [0.2, 0.25) is 0 Å². The van der Waals surface area contributed by atoms with E-state index in [9.17, 15) is 0 Å². The van der Waals surface area contributed by atoms with Gasteiger partial charge in [-0.05, 0) is 37.9 Å². The van der Waals surface area contributed by atoms with Gasteiger partial charge in [-0.25, -0.2) is 9.97 Å². The van der Waals surface area contributed by atoms with Crippen LogP contribution in [-0.2, 0) is 33.0 Å². The summed E-state index contributed by atoms with van der Waals surface area (Å²) < 4.78 is 5.93. The Labute approximate surface area is 245 Å². The molecule has 4 aromatic heterocycles. The van der Waals surface area contributed by atoms with E-state index in [2.05, 4.69) is 79.4 Å². The fourth-order valence-corrected chi connectivity index (χ4v) is 5.94. The van der Waals surface area contributed by atoms with E-state index in [1.165, 1.54) is 0 Å². The molecule has 0 atom stereocenters. The summed E-state index contributed by atoms with van der Waals surface area (Å²) in [5.41, 5.74) is 8.71. The highest BCUT2D eigenvalue weighted by atomic mass is 15.3. The zero-order chi connectivity index (χ0) is 28.6. The molecule has 1 fully saturated rings. The maximum absolute atomic E-state index is 4.97. The second-order valence-electron chi connectivity index (χ2n) is 11.3. The van der Waals surface area contributed by atoms with Crippen molar-refractivity contribution in [3.05, 3.63) is 66.4 Å². The van der Waals surface area contributed by atoms with E-state index in [0.717, 1.165) is 109 Å². The number of likely N-dealkylation sites (N-methyl/N-ethyl adjacent to an activating group) is 1. The molecule has 1 aliphatic heterocycles. The number of nitrogens with one attached hydrogen (secondary N) is 1. The van der Waals surface area contributed by atoms with Crippen LogP contribution in [-0.4, -0.2) is 88.9 Å². The van der Waals surface area contributed by atoms with Crippen molar-refractivity contribution in [3.8, 4) is 33.6 Å². The van der Waals surface area contributed by atoms with E-state index in [1.807, 2.05) is 41.1 Å². The molecular weight excluding hydrogens is 526 g/mol. The number of nitrogens with zero attached hydrogens (tertiary/aromatic N) is 10. The van der Waals surface area contributed by atoms with Gasteiger partial charge in [0.05, 0.1) is 29.8 Å². The van der Waals surface area contributed by atoms with Gasteiger partial charge >= 0.3 is 0 Å². The fraction of sp³-hybridized carbons (Fsp3) is 0.387. The molecule has 0 saturated carbocycles. The van der Waals surface area contributed by atoms with Gasteiger partial charge in [-0.3, -0.25) is 18.9 Å². The second kappa shape index (κ2) is 11.1. The fourth-order valence-electron chi connectivity index (χ4n) is 5.94. The third-order valence-electron chi connectivity index (χ3n) is 8.42. The van der Waals surface area contributed by atoms with Crippen LogP contribution in [0.25, 0.3) is 33.6 Å². The highest BCUT2D eigenvalue weighted by Gasteiger charge is 2.27. The summed E-state index contributed by atoms with van der Waals surface area (Å²) in [4.78, 5) is 14.5. The summed E-state index contributed by atoms with van der Waals surface area (Å²) in [5.74, 6) is 1.27. The molecule has 11 heteroatoms. The van der Waals surface area contributed by atoms with E-state index in [1.54, 1.807) is 0 Å². The SMILES string of the molecule is CCn1ccc(Nc2ncc3c(n2)-c2c(nn(C)c2-c2ccc(-c4cnn(CCN5CCN(C)CC5)c4)cc2)CC3)n1. The lowest BCUT2D eigenvalue weighted by Crippen LogP contribution is -2.45. The van der Waals surface area contributed by atoms with Gasteiger partial charge in [0.2, 0.25) is 5.95 Å². The number of aromatic nitrogens is 8. The summed E-state index contributed by atoms with van der Waals surface area (Å²) in [7, 11) is 4.21. The normalized spacial score (nSPS) is 15.5. The molecule has 5 heterocycles. The first-order valence-electron chi connectivity index (χ1n) is 14.8. The highest BCUT2D eigenvalue weighted by molar-refractivity contribution is 5.85. The molecule has 1 saturated heterocycles. The van der Waals surface area contributed by atoms with E-state index in [4.69, 9.17) is 10.1 Å². The zero-order valence-corrected chi connectivity index (χ0v) is 24.5. The smallest absolute Gasteiger partial charge is 0.228 e. The number of rotatable bonds is 8. The molecule has 42 heavy (non-hydrogen) atoms. The quantitative estimate of drug-likeness (QED) is 0.305. The summed E-state index contributed by atoms with van der Waals surface area (Å²) in [5, 5.41) is 17.3. The number of piperazine rings is 1. The Balaban J connectivity index is 1.11. The lowest BCUT2D eigenvalue weighted by molar-refractivity contribution is 0.149. The predicted molar refractivity (Wildman–Crippen MR) is 163 cm³/mol. The molecule has 216 valence electrons. The average molecular weight is 564 g/mol. The van der Waals surface area contributed by atoms with Crippen molar-refractivity contribution < 1.29 is 0 Å². The van der Waals surface area contributed by atoms with Crippen LogP contribution >= 0.6 is 0 Å². The van der Waals surface area contributed by atoms with Crippen molar-refractivity contribution >= 4 is 11.8 Å². The Morgan fingerprint density at radius 3 is 2.43 bits per heavy atom. The first-order valence-corrected chi connectivity index (χ1v) is 14.8. The number of hydrogen-bond donors (Lipinski definition) is 1. The molecule has 1 N–H and O–H groups in total. The van der Waals surface area contributed by atoms with Crippen molar-refractivity contribution in [2.45, 2.75) is 32.9 Å². The molecule has 0 amide bonds. The maximum atomic E-state index is 4.97. The molecular formula is C31H37N11. The van der Waals surface area contributed by atoms with Gasteiger partial charge in [0.15, 0.2) is 5.82 Å². The number of anilines is 2. The van der Waals surface area contributed by atoms with Gasteiger partial charge in [0, 0.05) is 87.7 Å². The molecule has 0 spiro atoms. The number of benzene rings is 1. The molecule has 1 aromatic carbocycles. The van der Waals surface area contributed by atoms with Crippen LogP contribution in [0, 0.1) is 0 Å². The summed E-state index contributed by atoms with van der Waals surface area (Å²) in [6.45, 7) is 9.34. The van der Waals surface area contributed by atoms with Gasteiger partial charge in [-0.15, -0.1) is 0 Å². The van der Waals surface area contributed by atoms with Gasteiger partial charge in [0.1, 0.15) is 0 Å². The summed E-state index contributed by atoms with van der Waals surface area (Å²) >= 11 is 0. The van der Waals surface area contributed by atoms with Crippen LogP contribution in [0.15, 0.2) is 55.1 Å². The average Bonchev–Trinajstić information content (AvgIpc) is 3.75. The molecule has 2 aliphatic rings. The van der Waals surface area contributed by atoms with Crippen LogP contribution in [0.5, 0.6) is 0 Å². The van der Waals surface area contributed by atoms with Crippen LogP contribution < -0.4 is 5.32 Å². The molecule has 0 bridgehead atoms. The Hall–Kier alpha value is -4.35. The monoisotopic (exact) mass is 563 g/mol. The summed E-state index contributed by atoms with van der Waals surface area (Å²) in [6.07, 6.45) is 9.76. The number of hydrogen-bond acceptors (Lipinski definition) is 8. The minimum atomic E-state index is 0.540. The van der Waals surface area contributed by atoms with Crippen molar-refractivity contribution in [3.63, 3.8) is 0 Å². The minimum Gasteiger partial charge on any atom is -0.307 e. The lowest BCUT2D eigenvalue weighted by Gasteiger charge is -2.32. The largest absolute Gasteiger partial charge is 0.307 e. The Bertz CT molecular complexity index is 1690. The van der Waals surface area contributed by atoms with E-state index < -0.39 is 0 Å². The van der Waals surface area contributed by atoms with Crippen molar-refractivity contribution in [2.24, 2.45) is 7.05 Å². The topological polar surface area (TPSA) is 97.7 Å². The van der Waals surface area contributed by atoms with Crippen LogP contribution in [0.4, 0.5) is 11.8 Å². The molecule has 1 aliphatic carbocycles. The standard InChI is InChI=1S/C31H37N11/c1-4-41-12-11-27(37-41)34-31-32-19-24-9-10-26-28(29(24)35-31)30(39(3)36-26)23-7-5-22(6-8-23)25-20-33-42(21-25)18-17-40-15-13-38(2)14-16-40/h5-8,11-12,19-21H,4,9-10,13-18H2,1-3H3,(H,32,34,35,37). The van der Waals surface area contributed by atoms with Gasteiger partial charge < -0.3 is 10.2 Å². The molecule has 11 nitrogen and oxygen atoms in total. The van der Waals surface area contributed by atoms with Gasteiger partial charge in [-0.2, -0.15) is 15.3 Å². The zero-order valence-electron chi connectivity index (χ0n) is 24.5. The predicted octanol–water partition coefficient (Wildman–Crippen LogP) is 3.71.